The second kappa shape index (κ2) is 5.79. The highest BCUT2D eigenvalue weighted by atomic mass is 32.2. The summed E-state index contributed by atoms with van der Waals surface area (Å²) in [5.74, 6) is -1.56. The molecule has 2 rings (SSSR count). The van der Waals surface area contributed by atoms with Crippen LogP contribution in [0.4, 0.5) is 0 Å². The molecular weight excluding hydrogens is 292 g/mol. The molecule has 0 spiro atoms. The quantitative estimate of drug-likeness (QED) is 0.875. The van der Waals surface area contributed by atoms with Gasteiger partial charge in [-0.05, 0) is 30.2 Å². The maximum absolute atomic E-state index is 12.3. The summed E-state index contributed by atoms with van der Waals surface area (Å²) in [5.41, 5.74) is 0.676. The predicted molar refractivity (Wildman–Crippen MR) is 78.3 cm³/mol. The lowest BCUT2D eigenvalue weighted by Gasteiger charge is -2.18. The highest BCUT2D eigenvalue weighted by Gasteiger charge is 2.28. The predicted octanol–water partition coefficient (Wildman–Crippen LogP) is 1.62. The second-order valence-corrected chi connectivity index (χ2v) is 6.75. The standard InChI is InChI=1S/C14H16N2O4S/c1-9(2)13(14(17)18)16-21(19,20)11-5-6-12-10(8-11)4-3-7-15-12/h3-9,13,16H,1-2H3,(H,17,18)/t13-/m1/s1. The molecule has 21 heavy (non-hydrogen) atoms. The second-order valence-electron chi connectivity index (χ2n) is 5.04. The molecule has 0 aliphatic carbocycles. The molecule has 2 aromatic rings. The Labute approximate surface area is 122 Å². The molecule has 0 unspecified atom stereocenters. The summed E-state index contributed by atoms with van der Waals surface area (Å²) in [5, 5.41) is 9.77. The van der Waals surface area contributed by atoms with Gasteiger partial charge in [0, 0.05) is 11.6 Å². The van der Waals surface area contributed by atoms with E-state index in [2.05, 4.69) is 9.71 Å². The van der Waals surface area contributed by atoms with E-state index in [-0.39, 0.29) is 10.8 Å². The van der Waals surface area contributed by atoms with Crippen molar-refractivity contribution in [2.24, 2.45) is 5.92 Å². The normalized spacial score (nSPS) is 13.5. The Hall–Kier alpha value is -1.99. The molecule has 0 aliphatic heterocycles. The highest BCUT2D eigenvalue weighted by Crippen LogP contribution is 2.18. The van der Waals surface area contributed by atoms with Crippen LogP contribution in [0.5, 0.6) is 0 Å². The third-order valence-corrected chi connectivity index (χ3v) is 4.54. The van der Waals surface area contributed by atoms with E-state index in [1.807, 2.05) is 0 Å². The van der Waals surface area contributed by atoms with Gasteiger partial charge in [-0.15, -0.1) is 0 Å². The van der Waals surface area contributed by atoms with Gasteiger partial charge in [-0.3, -0.25) is 9.78 Å². The number of benzene rings is 1. The topological polar surface area (TPSA) is 96.4 Å². The van der Waals surface area contributed by atoms with Crippen molar-refractivity contribution >= 4 is 26.9 Å². The largest absolute Gasteiger partial charge is 0.480 e. The minimum Gasteiger partial charge on any atom is -0.480 e. The molecule has 7 heteroatoms. The number of carboxylic acid groups (broad SMARTS) is 1. The molecule has 2 N–H and O–H groups in total. The zero-order chi connectivity index (χ0) is 15.6. The van der Waals surface area contributed by atoms with Gasteiger partial charge in [0.25, 0.3) is 0 Å². The summed E-state index contributed by atoms with van der Waals surface area (Å²) in [6.45, 7) is 3.29. The van der Waals surface area contributed by atoms with Gasteiger partial charge in [0.05, 0.1) is 10.4 Å². The van der Waals surface area contributed by atoms with Gasteiger partial charge in [0.15, 0.2) is 0 Å². The Morgan fingerprint density at radius 3 is 2.62 bits per heavy atom. The van der Waals surface area contributed by atoms with Crippen molar-refractivity contribution in [2.75, 3.05) is 0 Å². The minimum atomic E-state index is -3.90. The molecule has 0 radical (unpaired) electrons. The fourth-order valence-corrected chi connectivity index (χ4v) is 3.30. The molecule has 0 saturated heterocycles. The minimum absolute atomic E-state index is 0.0231. The Bertz CT molecular complexity index is 771. The first-order valence-corrected chi connectivity index (χ1v) is 7.89. The first-order valence-electron chi connectivity index (χ1n) is 6.41. The smallest absolute Gasteiger partial charge is 0.322 e. The SMILES string of the molecule is CC(C)[C@@H](NS(=O)(=O)c1ccc2ncccc2c1)C(=O)O. The number of aromatic nitrogens is 1. The average Bonchev–Trinajstić information content (AvgIpc) is 2.43. The molecular formula is C14H16N2O4S. The van der Waals surface area contributed by atoms with E-state index in [0.29, 0.717) is 10.9 Å². The molecule has 0 saturated carbocycles. The van der Waals surface area contributed by atoms with Crippen LogP contribution in [0.3, 0.4) is 0 Å². The third-order valence-electron chi connectivity index (χ3n) is 3.10. The number of nitrogens with one attached hydrogen (secondary N) is 1. The van der Waals surface area contributed by atoms with Crippen molar-refractivity contribution in [3.63, 3.8) is 0 Å². The van der Waals surface area contributed by atoms with Crippen LogP contribution in [0.1, 0.15) is 13.8 Å². The van der Waals surface area contributed by atoms with Crippen LogP contribution in [-0.2, 0) is 14.8 Å². The first kappa shape index (κ1) is 15.4. The van der Waals surface area contributed by atoms with Gasteiger partial charge in [0.2, 0.25) is 10.0 Å². The number of sulfonamides is 1. The van der Waals surface area contributed by atoms with Gasteiger partial charge in [-0.25, -0.2) is 8.42 Å². The Morgan fingerprint density at radius 1 is 1.29 bits per heavy atom. The summed E-state index contributed by atoms with van der Waals surface area (Å²) < 4.78 is 26.8. The third kappa shape index (κ3) is 3.37. The number of pyridine rings is 1. The van der Waals surface area contributed by atoms with Crippen LogP contribution in [0.25, 0.3) is 10.9 Å². The molecule has 1 aromatic heterocycles. The number of fused-ring (bicyclic) bond motifs is 1. The van der Waals surface area contributed by atoms with Crippen LogP contribution < -0.4 is 4.72 Å². The Kier molecular flexibility index (Phi) is 4.24. The van der Waals surface area contributed by atoms with Crippen molar-refractivity contribution in [2.45, 2.75) is 24.8 Å². The maximum Gasteiger partial charge on any atom is 0.322 e. The van der Waals surface area contributed by atoms with Gasteiger partial charge in [-0.1, -0.05) is 19.9 Å². The van der Waals surface area contributed by atoms with Crippen LogP contribution in [0, 0.1) is 5.92 Å². The lowest BCUT2D eigenvalue weighted by Crippen LogP contribution is -2.44. The Balaban J connectivity index is 2.39. The molecule has 0 aliphatic rings. The summed E-state index contributed by atoms with van der Waals surface area (Å²) in [6, 6.07) is 6.77. The molecule has 6 nitrogen and oxygen atoms in total. The summed E-state index contributed by atoms with van der Waals surface area (Å²) in [6.07, 6.45) is 1.62. The zero-order valence-electron chi connectivity index (χ0n) is 11.6. The zero-order valence-corrected chi connectivity index (χ0v) is 12.5. The lowest BCUT2D eigenvalue weighted by molar-refractivity contribution is -0.140. The molecule has 1 heterocycles. The first-order chi connectivity index (χ1) is 9.81. The summed E-state index contributed by atoms with van der Waals surface area (Å²) >= 11 is 0. The van der Waals surface area contributed by atoms with Crippen LogP contribution in [0.2, 0.25) is 0 Å². The fraction of sp³-hybridized carbons (Fsp3) is 0.286. The van der Waals surface area contributed by atoms with E-state index >= 15 is 0 Å². The van der Waals surface area contributed by atoms with Crippen molar-refractivity contribution in [1.82, 2.24) is 9.71 Å². The van der Waals surface area contributed by atoms with Gasteiger partial charge in [-0.2, -0.15) is 4.72 Å². The summed E-state index contributed by atoms with van der Waals surface area (Å²) in [7, 11) is -3.90. The number of hydrogen-bond acceptors (Lipinski definition) is 4. The van der Waals surface area contributed by atoms with Crippen molar-refractivity contribution in [3.05, 3.63) is 36.5 Å². The van der Waals surface area contributed by atoms with E-state index < -0.39 is 22.0 Å². The van der Waals surface area contributed by atoms with Crippen LogP contribution >= 0.6 is 0 Å². The van der Waals surface area contributed by atoms with Gasteiger partial charge >= 0.3 is 5.97 Å². The molecule has 0 bridgehead atoms. The monoisotopic (exact) mass is 308 g/mol. The van der Waals surface area contributed by atoms with E-state index in [0.717, 1.165) is 0 Å². The lowest BCUT2D eigenvalue weighted by atomic mass is 10.1. The number of aliphatic carboxylic acids is 1. The molecule has 0 amide bonds. The highest BCUT2D eigenvalue weighted by molar-refractivity contribution is 7.89. The Morgan fingerprint density at radius 2 is 2.00 bits per heavy atom. The van der Waals surface area contributed by atoms with Crippen molar-refractivity contribution < 1.29 is 18.3 Å². The molecule has 1 atom stereocenters. The number of hydrogen-bond donors (Lipinski definition) is 2. The summed E-state index contributed by atoms with van der Waals surface area (Å²) in [4.78, 5) is 15.3. The molecule has 112 valence electrons. The number of carbonyl (C=O) groups is 1. The van der Waals surface area contributed by atoms with Gasteiger partial charge < -0.3 is 5.11 Å². The van der Waals surface area contributed by atoms with E-state index in [1.54, 1.807) is 38.2 Å². The molecule has 0 fully saturated rings. The van der Waals surface area contributed by atoms with E-state index in [9.17, 15) is 13.2 Å². The number of nitrogens with zero attached hydrogens (tertiary/aromatic N) is 1. The van der Waals surface area contributed by atoms with Crippen LogP contribution in [0.15, 0.2) is 41.4 Å². The van der Waals surface area contributed by atoms with Gasteiger partial charge in [0.1, 0.15) is 6.04 Å². The van der Waals surface area contributed by atoms with E-state index in [1.165, 1.54) is 12.1 Å². The molecule has 1 aromatic carbocycles. The fourth-order valence-electron chi connectivity index (χ4n) is 1.93. The van der Waals surface area contributed by atoms with Crippen LogP contribution in [-0.4, -0.2) is 30.5 Å². The number of carboxylic acids is 1. The van der Waals surface area contributed by atoms with Crippen molar-refractivity contribution in [3.8, 4) is 0 Å². The maximum atomic E-state index is 12.3. The van der Waals surface area contributed by atoms with Crippen molar-refractivity contribution in [1.29, 1.82) is 0 Å². The average molecular weight is 308 g/mol. The number of rotatable bonds is 5. The van der Waals surface area contributed by atoms with E-state index in [4.69, 9.17) is 5.11 Å².